The van der Waals surface area contributed by atoms with E-state index in [9.17, 15) is 4.79 Å². The minimum atomic E-state index is 0.0520. The predicted octanol–water partition coefficient (Wildman–Crippen LogP) is 2.29. The van der Waals surface area contributed by atoms with E-state index in [-0.39, 0.29) is 11.0 Å². The molecule has 0 spiro atoms. The molecule has 0 N–H and O–H groups in total. The van der Waals surface area contributed by atoms with E-state index in [0.717, 1.165) is 18.0 Å². The number of rotatable bonds is 3. The van der Waals surface area contributed by atoms with E-state index in [1.54, 1.807) is 4.52 Å². The molecule has 0 amide bonds. The molecular weight excluding hydrogens is 258 g/mol. The number of aromatic nitrogens is 3. The first-order chi connectivity index (χ1) is 9.13. The van der Waals surface area contributed by atoms with Crippen molar-refractivity contribution < 1.29 is 0 Å². The summed E-state index contributed by atoms with van der Waals surface area (Å²) < 4.78 is 3.49. The molecule has 2 aromatic rings. The van der Waals surface area contributed by atoms with Crippen LogP contribution in [0, 0.1) is 12.3 Å². The lowest BCUT2D eigenvalue weighted by Gasteiger charge is -2.27. The number of thiol groups is 1. The SMILES string of the molecule is Cc1cc2c(=O)n(CC3(CS)CCCC3)ccn2n1. The largest absolute Gasteiger partial charge is 0.312 e. The number of nitrogens with zero attached hydrogens (tertiary/aromatic N) is 3. The van der Waals surface area contributed by atoms with Gasteiger partial charge in [-0.3, -0.25) is 4.79 Å². The van der Waals surface area contributed by atoms with Gasteiger partial charge in [-0.05, 0) is 37.0 Å². The lowest BCUT2D eigenvalue weighted by molar-refractivity contribution is 0.286. The minimum Gasteiger partial charge on any atom is -0.312 e. The number of aryl methyl sites for hydroxylation is 1. The average Bonchev–Trinajstić information content (AvgIpc) is 3.00. The normalized spacial score (nSPS) is 18.2. The van der Waals surface area contributed by atoms with Gasteiger partial charge in [0.25, 0.3) is 5.56 Å². The average molecular weight is 277 g/mol. The molecule has 2 aromatic heterocycles. The molecular formula is C14H19N3OS. The topological polar surface area (TPSA) is 39.3 Å². The van der Waals surface area contributed by atoms with Gasteiger partial charge in [0.05, 0.1) is 5.69 Å². The maximum Gasteiger partial charge on any atom is 0.276 e. The number of hydrogen-bond donors (Lipinski definition) is 1. The zero-order valence-electron chi connectivity index (χ0n) is 11.2. The van der Waals surface area contributed by atoms with Crippen molar-refractivity contribution in [2.75, 3.05) is 5.75 Å². The van der Waals surface area contributed by atoms with Gasteiger partial charge >= 0.3 is 0 Å². The molecule has 19 heavy (non-hydrogen) atoms. The Bertz CT molecular complexity index is 652. The number of hydrogen-bond acceptors (Lipinski definition) is 3. The summed E-state index contributed by atoms with van der Waals surface area (Å²) in [5.41, 5.74) is 1.78. The van der Waals surface area contributed by atoms with Crippen molar-refractivity contribution in [2.45, 2.75) is 39.2 Å². The van der Waals surface area contributed by atoms with E-state index in [4.69, 9.17) is 0 Å². The monoisotopic (exact) mass is 277 g/mol. The Kier molecular flexibility index (Phi) is 3.17. The van der Waals surface area contributed by atoms with Gasteiger partial charge < -0.3 is 4.57 Å². The Morgan fingerprint density at radius 2 is 2.11 bits per heavy atom. The second-order valence-electron chi connectivity index (χ2n) is 5.71. The number of fused-ring (bicyclic) bond motifs is 1. The van der Waals surface area contributed by atoms with Crippen molar-refractivity contribution in [1.82, 2.24) is 14.2 Å². The van der Waals surface area contributed by atoms with Gasteiger partial charge in [0.1, 0.15) is 5.52 Å². The summed E-state index contributed by atoms with van der Waals surface area (Å²) in [6.45, 7) is 2.68. The highest BCUT2D eigenvalue weighted by Crippen LogP contribution is 2.40. The van der Waals surface area contributed by atoms with Crippen LogP contribution in [-0.4, -0.2) is 19.9 Å². The summed E-state index contributed by atoms with van der Waals surface area (Å²) in [5, 5.41) is 4.27. The summed E-state index contributed by atoms with van der Waals surface area (Å²) in [5.74, 6) is 0.850. The van der Waals surface area contributed by atoms with Gasteiger partial charge in [-0.1, -0.05) is 12.8 Å². The lowest BCUT2D eigenvalue weighted by atomic mass is 9.88. The third-order valence-corrected chi connectivity index (χ3v) is 4.90. The zero-order chi connectivity index (χ0) is 13.5. The van der Waals surface area contributed by atoms with Crippen LogP contribution in [0.25, 0.3) is 5.52 Å². The molecule has 1 aliphatic rings. The first-order valence-corrected chi connectivity index (χ1v) is 7.43. The van der Waals surface area contributed by atoms with Gasteiger partial charge in [0.2, 0.25) is 0 Å². The summed E-state index contributed by atoms with van der Waals surface area (Å²) >= 11 is 4.51. The first-order valence-electron chi connectivity index (χ1n) is 6.80. The van der Waals surface area contributed by atoms with Gasteiger partial charge in [-0.2, -0.15) is 17.7 Å². The van der Waals surface area contributed by atoms with E-state index >= 15 is 0 Å². The standard InChI is InChI=1S/C14H19N3OS/c1-11-8-12-13(18)16(6-7-17(12)15-11)9-14(10-19)4-2-3-5-14/h6-8,19H,2-5,9-10H2,1H3. The Hall–Kier alpha value is -1.23. The molecule has 0 aromatic carbocycles. The van der Waals surface area contributed by atoms with Crippen LogP contribution >= 0.6 is 12.6 Å². The molecule has 0 atom stereocenters. The van der Waals surface area contributed by atoms with E-state index in [0.29, 0.717) is 5.52 Å². The van der Waals surface area contributed by atoms with Crippen LogP contribution in [0.4, 0.5) is 0 Å². The summed E-state index contributed by atoms with van der Waals surface area (Å²) in [7, 11) is 0. The van der Waals surface area contributed by atoms with E-state index < -0.39 is 0 Å². The Morgan fingerprint density at radius 1 is 1.37 bits per heavy atom. The third kappa shape index (κ3) is 2.20. The van der Waals surface area contributed by atoms with E-state index in [1.165, 1.54) is 25.7 Å². The van der Waals surface area contributed by atoms with Crippen LogP contribution in [0.3, 0.4) is 0 Å². The van der Waals surface area contributed by atoms with Crippen molar-refractivity contribution >= 4 is 18.1 Å². The molecule has 0 unspecified atom stereocenters. The summed E-state index contributed by atoms with van der Waals surface area (Å²) in [4.78, 5) is 12.5. The molecule has 1 fully saturated rings. The molecule has 1 saturated carbocycles. The fraction of sp³-hybridized carbons (Fsp3) is 0.571. The Balaban J connectivity index is 2.01. The van der Waals surface area contributed by atoms with Crippen molar-refractivity contribution in [1.29, 1.82) is 0 Å². The van der Waals surface area contributed by atoms with Crippen LogP contribution in [0.5, 0.6) is 0 Å². The molecule has 4 nitrogen and oxygen atoms in total. The van der Waals surface area contributed by atoms with Crippen molar-refractivity contribution in [2.24, 2.45) is 5.41 Å². The third-order valence-electron chi connectivity index (χ3n) is 4.23. The second kappa shape index (κ2) is 4.71. The van der Waals surface area contributed by atoms with Gasteiger partial charge in [0, 0.05) is 18.9 Å². The molecule has 0 bridgehead atoms. The lowest BCUT2D eigenvalue weighted by Crippen LogP contribution is -2.32. The predicted molar refractivity (Wildman–Crippen MR) is 78.9 cm³/mol. The fourth-order valence-corrected chi connectivity index (χ4v) is 3.54. The molecule has 3 rings (SSSR count). The van der Waals surface area contributed by atoms with E-state index in [2.05, 4.69) is 17.7 Å². The Labute approximate surface area is 117 Å². The van der Waals surface area contributed by atoms with Gasteiger partial charge in [-0.25, -0.2) is 4.52 Å². The zero-order valence-corrected chi connectivity index (χ0v) is 12.1. The molecule has 102 valence electrons. The van der Waals surface area contributed by atoms with Gasteiger partial charge in [0.15, 0.2) is 0 Å². The maximum absolute atomic E-state index is 12.5. The molecule has 0 saturated heterocycles. The van der Waals surface area contributed by atoms with Crippen LogP contribution in [0.15, 0.2) is 23.3 Å². The second-order valence-corrected chi connectivity index (χ2v) is 6.03. The van der Waals surface area contributed by atoms with Crippen molar-refractivity contribution in [3.8, 4) is 0 Å². The minimum absolute atomic E-state index is 0.0520. The van der Waals surface area contributed by atoms with Gasteiger partial charge in [-0.15, -0.1) is 0 Å². The van der Waals surface area contributed by atoms with E-state index in [1.807, 2.05) is 30.0 Å². The smallest absolute Gasteiger partial charge is 0.276 e. The molecule has 0 aliphatic heterocycles. The van der Waals surface area contributed by atoms with Crippen LogP contribution < -0.4 is 5.56 Å². The highest BCUT2D eigenvalue weighted by atomic mass is 32.1. The first kappa shape index (κ1) is 12.8. The molecule has 0 radical (unpaired) electrons. The summed E-state index contributed by atoms with van der Waals surface area (Å²) in [6, 6.07) is 1.85. The highest BCUT2D eigenvalue weighted by molar-refractivity contribution is 7.80. The van der Waals surface area contributed by atoms with Crippen LogP contribution in [0.1, 0.15) is 31.4 Å². The van der Waals surface area contributed by atoms with Crippen LogP contribution in [-0.2, 0) is 6.54 Å². The fourth-order valence-electron chi connectivity index (χ4n) is 3.13. The molecule has 2 heterocycles. The molecule has 1 aliphatic carbocycles. The van der Waals surface area contributed by atoms with Crippen molar-refractivity contribution in [3.63, 3.8) is 0 Å². The highest BCUT2D eigenvalue weighted by Gasteiger charge is 2.33. The quantitative estimate of drug-likeness (QED) is 0.874. The van der Waals surface area contributed by atoms with Crippen LogP contribution in [0.2, 0.25) is 0 Å². The maximum atomic E-state index is 12.5. The summed E-state index contributed by atoms with van der Waals surface area (Å²) in [6.07, 6.45) is 8.57. The molecule has 5 heteroatoms. The Morgan fingerprint density at radius 3 is 2.79 bits per heavy atom. The van der Waals surface area contributed by atoms with Crippen molar-refractivity contribution in [3.05, 3.63) is 34.5 Å².